The number of aliphatic hydroxyl groups excluding tert-OH is 1. The molecule has 0 spiro atoms. The second-order valence-corrected chi connectivity index (χ2v) is 6.69. The van der Waals surface area contributed by atoms with E-state index in [0.717, 1.165) is 5.56 Å². The van der Waals surface area contributed by atoms with Crippen LogP contribution in [0.15, 0.2) is 33.9 Å². The van der Waals surface area contributed by atoms with E-state index in [1.165, 1.54) is 9.13 Å². The van der Waals surface area contributed by atoms with Crippen molar-refractivity contribution in [1.82, 2.24) is 18.7 Å². The molecule has 0 aliphatic rings. The molecule has 138 valence electrons. The van der Waals surface area contributed by atoms with Gasteiger partial charge >= 0.3 is 5.69 Å². The molecule has 0 aliphatic heterocycles. The standard InChI is InChI=1S/C17H20ClN5O3/c1-10(9-24)19-16-20-14-13(21(16)2)15(25)23(17(26)22(14)3)8-11-4-6-12(18)7-5-11/h4-7,10,24H,8-9H2,1-3H3,(H,19,20)/t10-/m0/s1. The lowest BCUT2D eigenvalue weighted by Gasteiger charge is -2.11. The first-order valence-electron chi connectivity index (χ1n) is 8.11. The van der Waals surface area contributed by atoms with E-state index >= 15 is 0 Å². The molecule has 9 heteroatoms. The van der Waals surface area contributed by atoms with Crippen LogP contribution >= 0.6 is 11.6 Å². The van der Waals surface area contributed by atoms with Gasteiger partial charge in [-0.15, -0.1) is 0 Å². The van der Waals surface area contributed by atoms with E-state index in [2.05, 4.69) is 10.3 Å². The highest BCUT2D eigenvalue weighted by atomic mass is 35.5. The minimum Gasteiger partial charge on any atom is -0.394 e. The van der Waals surface area contributed by atoms with Gasteiger partial charge in [0.15, 0.2) is 11.2 Å². The maximum atomic E-state index is 12.9. The van der Waals surface area contributed by atoms with E-state index < -0.39 is 11.2 Å². The van der Waals surface area contributed by atoms with E-state index in [1.54, 1.807) is 49.9 Å². The lowest BCUT2D eigenvalue weighted by molar-refractivity contribution is 0.281. The molecule has 2 heterocycles. The van der Waals surface area contributed by atoms with Gasteiger partial charge in [0.1, 0.15) is 0 Å². The van der Waals surface area contributed by atoms with Crippen LogP contribution in [0, 0.1) is 0 Å². The molecule has 0 aliphatic carbocycles. The zero-order valence-electron chi connectivity index (χ0n) is 14.7. The summed E-state index contributed by atoms with van der Waals surface area (Å²) >= 11 is 5.89. The molecular formula is C17H20ClN5O3. The Morgan fingerprint density at radius 2 is 1.85 bits per heavy atom. The molecule has 8 nitrogen and oxygen atoms in total. The van der Waals surface area contributed by atoms with Crippen molar-refractivity contribution in [3.8, 4) is 0 Å². The number of nitrogens with zero attached hydrogens (tertiary/aromatic N) is 4. The van der Waals surface area contributed by atoms with Crippen molar-refractivity contribution in [3.63, 3.8) is 0 Å². The lowest BCUT2D eigenvalue weighted by Crippen LogP contribution is -2.39. The van der Waals surface area contributed by atoms with Crippen LogP contribution in [-0.2, 0) is 20.6 Å². The SMILES string of the molecule is C[C@@H](CO)Nc1nc2c(c(=O)n(Cc3ccc(Cl)cc3)c(=O)n2C)n1C. The van der Waals surface area contributed by atoms with Crippen LogP contribution in [0.1, 0.15) is 12.5 Å². The number of fused-ring (bicyclic) bond motifs is 1. The first-order chi connectivity index (χ1) is 12.3. The van der Waals surface area contributed by atoms with Crippen LogP contribution < -0.4 is 16.6 Å². The number of hydrogen-bond donors (Lipinski definition) is 2. The van der Waals surface area contributed by atoms with Crippen molar-refractivity contribution < 1.29 is 5.11 Å². The Bertz CT molecular complexity index is 1070. The number of imidazole rings is 1. The van der Waals surface area contributed by atoms with E-state index in [1.807, 2.05) is 0 Å². The second kappa shape index (κ2) is 6.97. The molecule has 26 heavy (non-hydrogen) atoms. The number of aliphatic hydroxyl groups is 1. The third kappa shape index (κ3) is 3.13. The summed E-state index contributed by atoms with van der Waals surface area (Å²) in [6.45, 7) is 1.85. The quantitative estimate of drug-likeness (QED) is 0.689. The van der Waals surface area contributed by atoms with E-state index in [9.17, 15) is 14.7 Å². The number of nitrogens with one attached hydrogen (secondary N) is 1. The Morgan fingerprint density at radius 1 is 1.19 bits per heavy atom. The summed E-state index contributed by atoms with van der Waals surface area (Å²) in [5.74, 6) is 0.415. The molecule has 0 fully saturated rings. The number of hydrogen-bond acceptors (Lipinski definition) is 5. The first-order valence-corrected chi connectivity index (χ1v) is 8.49. The van der Waals surface area contributed by atoms with Crippen LogP contribution in [0.5, 0.6) is 0 Å². The summed E-state index contributed by atoms with van der Waals surface area (Å²) in [4.78, 5) is 30.0. The summed E-state index contributed by atoms with van der Waals surface area (Å²) in [6, 6.07) is 6.74. The molecular weight excluding hydrogens is 358 g/mol. The summed E-state index contributed by atoms with van der Waals surface area (Å²) in [6.07, 6.45) is 0. The molecule has 0 radical (unpaired) electrons. The van der Waals surface area contributed by atoms with Gasteiger partial charge in [-0.05, 0) is 24.6 Å². The topological polar surface area (TPSA) is 94.1 Å². The van der Waals surface area contributed by atoms with E-state index in [-0.39, 0.29) is 19.2 Å². The third-order valence-corrected chi connectivity index (χ3v) is 4.52. The number of benzene rings is 1. The normalized spacial score (nSPS) is 12.5. The molecule has 0 unspecified atom stereocenters. The Kier molecular flexibility index (Phi) is 4.88. The second-order valence-electron chi connectivity index (χ2n) is 6.25. The molecule has 0 bridgehead atoms. The monoisotopic (exact) mass is 377 g/mol. The van der Waals surface area contributed by atoms with Crippen molar-refractivity contribution >= 4 is 28.7 Å². The fourth-order valence-electron chi connectivity index (χ4n) is 2.75. The number of halogens is 1. The predicted octanol–water partition coefficient (Wildman–Crippen LogP) is 0.928. The molecule has 2 aromatic heterocycles. The summed E-state index contributed by atoms with van der Waals surface area (Å²) in [7, 11) is 3.27. The Balaban J connectivity index is 2.16. The van der Waals surface area contributed by atoms with Crippen LogP contribution in [0.2, 0.25) is 5.02 Å². The Labute approximate surface area is 154 Å². The van der Waals surface area contributed by atoms with Gasteiger partial charge < -0.3 is 15.0 Å². The van der Waals surface area contributed by atoms with Crippen LogP contribution in [0.4, 0.5) is 5.95 Å². The summed E-state index contributed by atoms with van der Waals surface area (Å²) < 4.78 is 4.12. The van der Waals surface area contributed by atoms with Crippen molar-refractivity contribution in [2.75, 3.05) is 11.9 Å². The predicted molar refractivity (Wildman–Crippen MR) is 101 cm³/mol. The molecule has 1 atom stereocenters. The van der Waals surface area contributed by atoms with Crippen molar-refractivity contribution in [2.24, 2.45) is 14.1 Å². The van der Waals surface area contributed by atoms with Crippen LogP contribution in [-0.4, -0.2) is 36.4 Å². The van der Waals surface area contributed by atoms with Gasteiger partial charge in [-0.2, -0.15) is 4.98 Å². The first kappa shape index (κ1) is 18.2. The molecule has 0 amide bonds. The highest BCUT2D eigenvalue weighted by molar-refractivity contribution is 6.30. The number of aryl methyl sites for hydroxylation is 2. The average Bonchev–Trinajstić information content (AvgIpc) is 2.95. The molecule has 3 aromatic rings. The fraction of sp³-hybridized carbons (Fsp3) is 0.353. The minimum atomic E-state index is -0.447. The Morgan fingerprint density at radius 3 is 2.46 bits per heavy atom. The summed E-state index contributed by atoms with van der Waals surface area (Å²) in [5, 5.41) is 12.8. The molecule has 1 aromatic carbocycles. The molecule has 0 saturated carbocycles. The Hall–Kier alpha value is -2.58. The van der Waals surface area contributed by atoms with Gasteiger partial charge in [-0.1, -0.05) is 23.7 Å². The summed E-state index contributed by atoms with van der Waals surface area (Å²) in [5.41, 5.74) is 0.536. The highest BCUT2D eigenvalue weighted by Crippen LogP contribution is 2.15. The number of rotatable bonds is 5. The lowest BCUT2D eigenvalue weighted by atomic mass is 10.2. The molecule has 0 saturated heterocycles. The van der Waals surface area contributed by atoms with E-state index in [4.69, 9.17) is 11.6 Å². The molecule has 3 rings (SSSR count). The van der Waals surface area contributed by atoms with Gasteiger partial charge in [0.25, 0.3) is 5.56 Å². The third-order valence-electron chi connectivity index (χ3n) is 4.26. The number of anilines is 1. The molecule has 2 N–H and O–H groups in total. The van der Waals surface area contributed by atoms with Crippen molar-refractivity contribution in [3.05, 3.63) is 55.7 Å². The zero-order valence-corrected chi connectivity index (χ0v) is 15.5. The van der Waals surface area contributed by atoms with Crippen LogP contribution in [0.25, 0.3) is 11.2 Å². The minimum absolute atomic E-state index is 0.0804. The fourth-order valence-corrected chi connectivity index (χ4v) is 2.88. The average molecular weight is 378 g/mol. The van der Waals surface area contributed by atoms with Crippen LogP contribution in [0.3, 0.4) is 0 Å². The van der Waals surface area contributed by atoms with Gasteiger partial charge in [0.05, 0.1) is 13.2 Å². The zero-order chi connectivity index (χ0) is 19.0. The van der Waals surface area contributed by atoms with Gasteiger partial charge in [-0.25, -0.2) is 4.79 Å². The smallest absolute Gasteiger partial charge is 0.332 e. The van der Waals surface area contributed by atoms with Crippen molar-refractivity contribution in [1.29, 1.82) is 0 Å². The maximum Gasteiger partial charge on any atom is 0.332 e. The van der Waals surface area contributed by atoms with Crippen molar-refractivity contribution in [2.45, 2.75) is 19.5 Å². The highest BCUT2D eigenvalue weighted by Gasteiger charge is 2.19. The maximum absolute atomic E-state index is 12.9. The largest absolute Gasteiger partial charge is 0.394 e. The van der Waals surface area contributed by atoms with Gasteiger partial charge in [0, 0.05) is 25.2 Å². The van der Waals surface area contributed by atoms with Gasteiger partial charge in [-0.3, -0.25) is 13.9 Å². The van der Waals surface area contributed by atoms with E-state index in [0.29, 0.717) is 22.1 Å². The van der Waals surface area contributed by atoms with Gasteiger partial charge in [0.2, 0.25) is 5.95 Å². The number of aromatic nitrogens is 4.